The molecular formula is C16H22O3S. The Bertz CT molecular complexity index is 501. The number of benzene rings is 1. The first-order chi connectivity index (χ1) is 9.19. The van der Waals surface area contributed by atoms with E-state index in [0.29, 0.717) is 5.75 Å². The smallest absolute Gasteiger partial charge is 0.316 e. The van der Waals surface area contributed by atoms with Crippen molar-refractivity contribution in [1.82, 2.24) is 0 Å². The normalized spacial score (nSPS) is 11.2. The number of carbonyl (C=O) groups excluding carboxylic acids is 2. The molecular weight excluding hydrogens is 272 g/mol. The second kappa shape index (κ2) is 6.93. The Labute approximate surface area is 125 Å². The topological polar surface area (TPSA) is 43.4 Å². The fraction of sp³-hybridized carbons (Fsp3) is 0.500. The highest BCUT2D eigenvalue weighted by Gasteiger charge is 2.17. The van der Waals surface area contributed by atoms with E-state index in [0.717, 1.165) is 16.7 Å². The van der Waals surface area contributed by atoms with Gasteiger partial charge in [-0.2, -0.15) is 0 Å². The van der Waals surface area contributed by atoms with Crippen molar-refractivity contribution in [2.45, 2.75) is 40.2 Å². The van der Waals surface area contributed by atoms with Crippen molar-refractivity contribution in [1.29, 1.82) is 0 Å². The number of hydrogen-bond donors (Lipinski definition) is 0. The zero-order valence-electron chi connectivity index (χ0n) is 12.8. The van der Waals surface area contributed by atoms with Crippen LogP contribution in [-0.2, 0) is 9.53 Å². The lowest BCUT2D eigenvalue weighted by atomic mass is 10.0. The van der Waals surface area contributed by atoms with Gasteiger partial charge in [-0.3, -0.25) is 9.59 Å². The Morgan fingerprint density at radius 1 is 1.15 bits per heavy atom. The Kier molecular flexibility index (Phi) is 5.81. The van der Waals surface area contributed by atoms with Crippen molar-refractivity contribution in [3.63, 3.8) is 0 Å². The van der Waals surface area contributed by atoms with Crippen LogP contribution >= 0.6 is 11.8 Å². The summed E-state index contributed by atoms with van der Waals surface area (Å²) < 4.78 is 5.20. The minimum absolute atomic E-state index is 0.0553. The molecule has 0 aromatic heterocycles. The van der Waals surface area contributed by atoms with Crippen molar-refractivity contribution >= 4 is 23.5 Å². The first kappa shape index (κ1) is 16.8. The number of hydrogen-bond acceptors (Lipinski definition) is 4. The fourth-order valence-electron chi connectivity index (χ4n) is 1.71. The second-order valence-corrected chi connectivity index (χ2v) is 6.81. The van der Waals surface area contributed by atoms with Gasteiger partial charge in [-0.25, -0.2) is 0 Å². The quantitative estimate of drug-likeness (QED) is 0.615. The van der Waals surface area contributed by atoms with E-state index >= 15 is 0 Å². The minimum atomic E-state index is -0.477. The van der Waals surface area contributed by atoms with Crippen LogP contribution in [0.5, 0.6) is 0 Å². The highest BCUT2D eigenvalue weighted by atomic mass is 32.2. The van der Waals surface area contributed by atoms with Gasteiger partial charge in [0.25, 0.3) is 0 Å². The SMILES string of the molecule is Cc1ccc(C)c(C(=O)CSCC(=O)OC(C)(C)C)c1. The predicted octanol–water partition coefficient (Wildman–Crippen LogP) is 3.56. The molecule has 0 aliphatic carbocycles. The van der Waals surface area contributed by atoms with Gasteiger partial charge < -0.3 is 4.74 Å². The summed E-state index contributed by atoms with van der Waals surface area (Å²) in [5.74, 6) is 0.272. The summed E-state index contributed by atoms with van der Waals surface area (Å²) in [6.45, 7) is 9.37. The maximum absolute atomic E-state index is 12.1. The molecule has 0 atom stereocenters. The lowest BCUT2D eigenvalue weighted by molar-refractivity contribution is -0.151. The summed E-state index contributed by atoms with van der Waals surface area (Å²) in [5, 5.41) is 0. The molecule has 3 nitrogen and oxygen atoms in total. The van der Waals surface area contributed by atoms with Gasteiger partial charge in [0, 0.05) is 5.56 Å². The minimum Gasteiger partial charge on any atom is -0.459 e. The average molecular weight is 294 g/mol. The Morgan fingerprint density at radius 3 is 2.40 bits per heavy atom. The molecule has 0 N–H and O–H groups in total. The molecule has 20 heavy (non-hydrogen) atoms. The number of aryl methyl sites for hydroxylation is 2. The summed E-state index contributed by atoms with van der Waals surface area (Å²) in [6, 6.07) is 5.83. The van der Waals surface area contributed by atoms with Gasteiger partial charge in [-0.15, -0.1) is 11.8 Å². The molecule has 0 bridgehead atoms. The van der Waals surface area contributed by atoms with Crippen LogP contribution in [0.15, 0.2) is 18.2 Å². The van der Waals surface area contributed by atoms with Crippen molar-refractivity contribution < 1.29 is 14.3 Å². The van der Waals surface area contributed by atoms with Crippen LogP contribution in [-0.4, -0.2) is 28.9 Å². The standard InChI is InChI=1S/C16H22O3S/c1-11-6-7-12(2)13(8-11)14(17)9-20-10-15(18)19-16(3,4)5/h6-8H,9-10H2,1-5H3. The third-order valence-electron chi connectivity index (χ3n) is 2.57. The Balaban J connectivity index is 2.48. The van der Waals surface area contributed by atoms with Crippen molar-refractivity contribution in [2.24, 2.45) is 0 Å². The van der Waals surface area contributed by atoms with Gasteiger partial charge >= 0.3 is 5.97 Å². The summed E-state index contributed by atoms with van der Waals surface area (Å²) in [7, 11) is 0. The first-order valence-electron chi connectivity index (χ1n) is 6.59. The molecule has 0 aliphatic heterocycles. The Morgan fingerprint density at radius 2 is 1.80 bits per heavy atom. The molecule has 0 aliphatic rings. The number of ketones is 1. The van der Waals surface area contributed by atoms with Crippen LogP contribution in [0.3, 0.4) is 0 Å². The average Bonchev–Trinajstić information content (AvgIpc) is 2.29. The van der Waals surface area contributed by atoms with Gasteiger partial charge in [-0.1, -0.05) is 17.7 Å². The van der Waals surface area contributed by atoms with Gasteiger partial charge in [0.15, 0.2) is 5.78 Å². The summed E-state index contributed by atoms with van der Waals surface area (Å²) in [6.07, 6.45) is 0. The number of rotatable bonds is 5. The van der Waals surface area contributed by atoms with Crippen LogP contribution in [0.2, 0.25) is 0 Å². The number of esters is 1. The molecule has 0 saturated carbocycles. The zero-order chi connectivity index (χ0) is 15.3. The molecule has 0 unspecified atom stereocenters. The molecule has 1 rings (SSSR count). The van der Waals surface area contributed by atoms with Crippen LogP contribution < -0.4 is 0 Å². The predicted molar refractivity (Wildman–Crippen MR) is 83.4 cm³/mol. The molecule has 110 valence electrons. The zero-order valence-corrected chi connectivity index (χ0v) is 13.6. The van der Waals surface area contributed by atoms with Crippen LogP contribution in [0.4, 0.5) is 0 Å². The summed E-state index contributed by atoms with van der Waals surface area (Å²) >= 11 is 1.30. The van der Waals surface area contributed by atoms with Crippen LogP contribution in [0.25, 0.3) is 0 Å². The van der Waals surface area contributed by atoms with E-state index in [1.54, 1.807) is 0 Å². The van der Waals surface area contributed by atoms with E-state index in [1.807, 2.05) is 52.8 Å². The molecule has 0 radical (unpaired) electrons. The highest BCUT2D eigenvalue weighted by molar-refractivity contribution is 8.00. The monoisotopic (exact) mass is 294 g/mol. The van der Waals surface area contributed by atoms with E-state index in [-0.39, 0.29) is 17.5 Å². The van der Waals surface area contributed by atoms with Crippen molar-refractivity contribution in [3.05, 3.63) is 34.9 Å². The molecule has 0 amide bonds. The van der Waals surface area contributed by atoms with Crippen molar-refractivity contribution in [2.75, 3.05) is 11.5 Å². The van der Waals surface area contributed by atoms with Crippen LogP contribution in [0.1, 0.15) is 42.3 Å². The van der Waals surface area contributed by atoms with E-state index in [4.69, 9.17) is 4.74 Å². The molecule has 1 aromatic carbocycles. The lowest BCUT2D eigenvalue weighted by Gasteiger charge is -2.19. The third kappa shape index (κ3) is 5.78. The van der Waals surface area contributed by atoms with Crippen molar-refractivity contribution in [3.8, 4) is 0 Å². The number of ether oxygens (including phenoxy) is 1. The largest absolute Gasteiger partial charge is 0.459 e. The fourth-order valence-corrected chi connectivity index (χ4v) is 2.38. The molecule has 0 saturated heterocycles. The number of Topliss-reactive ketones (excluding diaryl/α,β-unsaturated/α-hetero) is 1. The molecule has 0 fully saturated rings. The van der Waals surface area contributed by atoms with E-state index in [2.05, 4.69) is 0 Å². The third-order valence-corrected chi connectivity index (χ3v) is 3.47. The number of thioether (sulfide) groups is 1. The van der Waals surface area contributed by atoms with E-state index in [9.17, 15) is 9.59 Å². The van der Waals surface area contributed by atoms with Crippen LogP contribution in [0, 0.1) is 13.8 Å². The highest BCUT2D eigenvalue weighted by Crippen LogP contribution is 2.15. The summed E-state index contributed by atoms with van der Waals surface area (Å²) in [4.78, 5) is 23.7. The van der Waals surface area contributed by atoms with Gasteiger partial charge in [0.05, 0.1) is 11.5 Å². The van der Waals surface area contributed by atoms with Gasteiger partial charge in [0.1, 0.15) is 5.60 Å². The number of carbonyl (C=O) groups is 2. The maximum atomic E-state index is 12.1. The summed E-state index contributed by atoms with van der Waals surface area (Å²) in [5.41, 5.74) is 2.30. The van der Waals surface area contributed by atoms with E-state index < -0.39 is 5.60 Å². The Hall–Kier alpha value is -1.29. The first-order valence-corrected chi connectivity index (χ1v) is 7.74. The maximum Gasteiger partial charge on any atom is 0.316 e. The molecule has 0 heterocycles. The van der Waals surface area contributed by atoms with Gasteiger partial charge in [0.2, 0.25) is 0 Å². The lowest BCUT2D eigenvalue weighted by Crippen LogP contribution is -2.25. The molecule has 0 spiro atoms. The molecule has 4 heteroatoms. The van der Waals surface area contributed by atoms with Gasteiger partial charge in [-0.05, 0) is 46.2 Å². The van der Waals surface area contributed by atoms with E-state index in [1.165, 1.54) is 11.8 Å². The second-order valence-electron chi connectivity index (χ2n) is 5.82. The molecule has 1 aromatic rings.